The van der Waals surface area contributed by atoms with Gasteiger partial charge in [-0.2, -0.15) is 9.29 Å². The molecule has 158 valence electrons. The summed E-state index contributed by atoms with van der Waals surface area (Å²) in [5, 5.41) is 4.11. The average molecular weight is 492 g/mol. The van der Waals surface area contributed by atoms with Gasteiger partial charge in [0.2, 0.25) is 15.9 Å². The van der Waals surface area contributed by atoms with E-state index >= 15 is 0 Å². The lowest BCUT2D eigenvalue weighted by Gasteiger charge is -2.29. The van der Waals surface area contributed by atoms with E-state index in [9.17, 15) is 8.42 Å². The molecule has 0 bridgehead atoms. The number of sulfonamides is 1. The molecule has 30 heavy (non-hydrogen) atoms. The van der Waals surface area contributed by atoms with Crippen LogP contribution in [0.5, 0.6) is 5.75 Å². The SMILES string of the molecule is COc1ccc(S(=O)(=O)N2CCC(c3nc(Cc4ccccc4Br)no3)CC2)cc1. The largest absolute Gasteiger partial charge is 0.497 e. The summed E-state index contributed by atoms with van der Waals surface area (Å²) in [6, 6.07) is 14.4. The minimum absolute atomic E-state index is 0.0628. The molecule has 0 N–H and O–H groups in total. The molecule has 1 saturated heterocycles. The van der Waals surface area contributed by atoms with Crippen LogP contribution in [0.1, 0.15) is 36.0 Å². The first-order valence-corrected chi connectivity index (χ1v) is 11.9. The van der Waals surface area contributed by atoms with Crippen molar-refractivity contribution in [3.05, 3.63) is 70.3 Å². The van der Waals surface area contributed by atoms with Gasteiger partial charge in [0.15, 0.2) is 5.82 Å². The number of rotatable bonds is 6. The van der Waals surface area contributed by atoms with E-state index < -0.39 is 10.0 Å². The Hall–Kier alpha value is -2.23. The fourth-order valence-corrected chi connectivity index (χ4v) is 5.45. The molecule has 0 aliphatic carbocycles. The molecule has 0 spiro atoms. The van der Waals surface area contributed by atoms with E-state index in [0.717, 1.165) is 10.0 Å². The lowest BCUT2D eigenvalue weighted by Crippen LogP contribution is -2.37. The first-order chi connectivity index (χ1) is 14.5. The first-order valence-electron chi connectivity index (χ1n) is 9.67. The summed E-state index contributed by atoms with van der Waals surface area (Å²) in [6.45, 7) is 0.835. The van der Waals surface area contributed by atoms with Gasteiger partial charge in [-0.3, -0.25) is 0 Å². The summed E-state index contributed by atoms with van der Waals surface area (Å²) in [5.41, 5.74) is 1.09. The van der Waals surface area contributed by atoms with Gasteiger partial charge in [-0.1, -0.05) is 39.3 Å². The molecular weight excluding hydrogens is 470 g/mol. The van der Waals surface area contributed by atoms with Crippen molar-refractivity contribution >= 4 is 26.0 Å². The van der Waals surface area contributed by atoms with Crippen molar-refractivity contribution in [2.75, 3.05) is 20.2 Å². The molecule has 0 atom stereocenters. The molecule has 0 saturated carbocycles. The smallest absolute Gasteiger partial charge is 0.243 e. The zero-order chi connectivity index (χ0) is 21.1. The molecule has 0 amide bonds. The maximum Gasteiger partial charge on any atom is 0.243 e. The van der Waals surface area contributed by atoms with E-state index in [0.29, 0.717) is 49.8 Å². The van der Waals surface area contributed by atoms with E-state index in [4.69, 9.17) is 9.26 Å². The Labute approximate surface area is 184 Å². The third kappa shape index (κ3) is 4.43. The van der Waals surface area contributed by atoms with Crippen LogP contribution in [0.25, 0.3) is 0 Å². The van der Waals surface area contributed by atoms with Crippen LogP contribution in [0.15, 0.2) is 62.4 Å². The fourth-order valence-electron chi connectivity index (χ4n) is 3.56. The summed E-state index contributed by atoms with van der Waals surface area (Å²) < 4.78 is 38.9. The maximum absolute atomic E-state index is 12.9. The summed E-state index contributed by atoms with van der Waals surface area (Å²) in [4.78, 5) is 4.83. The third-order valence-corrected chi connectivity index (χ3v) is 7.98. The molecule has 9 heteroatoms. The zero-order valence-electron chi connectivity index (χ0n) is 16.5. The molecule has 3 aromatic rings. The van der Waals surface area contributed by atoms with Crippen LogP contribution >= 0.6 is 15.9 Å². The standard InChI is InChI=1S/C21H22BrN3O4S/c1-28-17-6-8-18(9-7-17)30(26,27)25-12-10-15(11-13-25)21-23-20(24-29-21)14-16-4-2-3-5-19(16)22/h2-9,15H,10-14H2,1H3. The molecular formula is C21H22BrN3O4S. The number of nitrogens with zero attached hydrogens (tertiary/aromatic N) is 3. The highest BCUT2D eigenvalue weighted by Crippen LogP contribution is 2.30. The van der Waals surface area contributed by atoms with Gasteiger partial charge in [-0.05, 0) is 48.7 Å². The Kier molecular flexibility index (Phi) is 6.21. The maximum atomic E-state index is 12.9. The second kappa shape index (κ2) is 8.87. The molecule has 1 fully saturated rings. The highest BCUT2D eigenvalue weighted by Gasteiger charge is 2.32. The molecule has 1 aromatic heterocycles. The van der Waals surface area contributed by atoms with Crippen molar-refractivity contribution in [1.29, 1.82) is 0 Å². The van der Waals surface area contributed by atoms with Gasteiger partial charge in [0.1, 0.15) is 5.75 Å². The number of aromatic nitrogens is 2. The van der Waals surface area contributed by atoms with Crippen LogP contribution in [-0.4, -0.2) is 43.1 Å². The molecule has 0 unspecified atom stereocenters. The van der Waals surface area contributed by atoms with E-state index in [1.807, 2.05) is 24.3 Å². The van der Waals surface area contributed by atoms with Crippen molar-refractivity contribution in [2.45, 2.75) is 30.1 Å². The number of methoxy groups -OCH3 is 1. The minimum atomic E-state index is -3.53. The van der Waals surface area contributed by atoms with Gasteiger partial charge < -0.3 is 9.26 Å². The predicted octanol–water partition coefficient (Wildman–Crippen LogP) is 4.00. The number of benzene rings is 2. The minimum Gasteiger partial charge on any atom is -0.497 e. The number of halogens is 1. The second-order valence-electron chi connectivity index (χ2n) is 7.17. The fraction of sp³-hybridized carbons (Fsp3) is 0.333. The Balaban J connectivity index is 1.40. The number of ether oxygens (including phenoxy) is 1. The summed E-state index contributed by atoms with van der Waals surface area (Å²) in [5.74, 6) is 1.90. The van der Waals surface area contributed by atoms with Crippen LogP contribution in [0.4, 0.5) is 0 Å². The average Bonchev–Trinajstić information content (AvgIpc) is 3.24. The van der Waals surface area contributed by atoms with Gasteiger partial charge in [0.05, 0.1) is 12.0 Å². The molecule has 4 rings (SSSR count). The first kappa shape index (κ1) is 21.0. The highest BCUT2D eigenvalue weighted by atomic mass is 79.9. The summed E-state index contributed by atoms with van der Waals surface area (Å²) in [6.07, 6.45) is 1.87. The summed E-state index contributed by atoms with van der Waals surface area (Å²) in [7, 11) is -1.98. The van der Waals surface area contributed by atoms with Crippen LogP contribution in [0.2, 0.25) is 0 Å². The predicted molar refractivity (Wildman–Crippen MR) is 115 cm³/mol. The zero-order valence-corrected chi connectivity index (χ0v) is 18.9. The summed E-state index contributed by atoms with van der Waals surface area (Å²) >= 11 is 3.53. The highest BCUT2D eigenvalue weighted by molar-refractivity contribution is 9.10. The van der Waals surface area contributed by atoms with E-state index in [2.05, 4.69) is 26.1 Å². The topological polar surface area (TPSA) is 85.5 Å². The number of hydrogen-bond donors (Lipinski definition) is 0. The third-order valence-electron chi connectivity index (χ3n) is 5.29. The van der Waals surface area contributed by atoms with E-state index in [1.165, 1.54) is 4.31 Å². The van der Waals surface area contributed by atoms with Gasteiger partial charge in [-0.15, -0.1) is 0 Å². The Morgan fingerprint density at radius 2 is 1.83 bits per heavy atom. The molecule has 0 radical (unpaired) electrons. The van der Waals surface area contributed by atoms with Crippen molar-refractivity contribution in [3.63, 3.8) is 0 Å². The van der Waals surface area contributed by atoms with Gasteiger partial charge in [0, 0.05) is 29.9 Å². The van der Waals surface area contributed by atoms with Crippen molar-refractivity contribution in [2.24, 2.45) is 0 Å². The number of piperidine rings is 1. The van der Waals surface area contributed by atoms with Crippen LogP contribution in [0, 0.1) is 0 Å². The molecule has 1 aliphatic heterocycles. The Morgan fingerprint density at radius 1 is 1.13 bits per heavy atom. The van der Waals surface area contributed by atoms with Crippen LogP contribution in [0.3, 0.4) is 0 Å². The normalized spacial score (nSPS) is 15.9. The molecule has 2 heterocycles. The molecule has 1 aliphatic rings. The monoisotopic (exact) mass is 491 g/mol. The van der Waals surface area contributed by atoms with Crippen LogP contribution < -0.4 is 4.74 Å². The van der Waals surface area contributed by atoms with Crippen molar-refractivity contribution in [1.82, 2.24) is 14.4 Å². The van der Waals surface area contributed by atoms with Gasteiger partial charge >= 0.3 is 0 Å². The lowest BCUT2D eigenvalue weighted by atomic mass is 9.98. The molecule has 7 nitrogen and oxygen atoms in total. The van der Waals surface area contributed by atoms with E-state index in [-0.39, 0.29) is 10.8 Å². The van der Waals surface area contributed by atoms with Crippen molar-refractivity contribution < 1.29 is 17.7 Å². The van der Waals surface area contributed by atoms with Gasteiger partial charge in [0.25, 0.3) is 0 Å². The van der Waals surface area contributed by atoms with Gasteiger partial charge in [-0.25, -0.2) is 8.42 Å². The molecule has 2 aromatic carbocycles. The Morgan fingerprint density at radius 3 is 2.50 bits per heavy atom. The second-order valence-corrected chi connectivity index (χ2v) is 9.96. The Bertz CT molecular complexity index is 1110. The number of hydrogen-bond acceptors (Lipinski definition) is 6. The quantitative estimate of drug-likeness (QED) is 0.517. The van der Waals surface area contributed by atoms with E-state index in [1.54, 1.807) is 31.4 Å². The van der Waals surface area contributed by atoms with Crippen molar-refractivity contribution in [3.8, 4) is 5.75 Å². The lowest BCUT2D eigenvalue weighted by molar-refractivity contribution is 0.270. The van der Waals surface area contributed by atoms with Crippen LogP contribution in [-0.2, 0) is 16.4 Å².